The van der Waals surface area contributed by atoms with Crippen LogP contribution in [-0.4, -0.2) is 32.0 Å². The number of rotatable bonds is 6. The van der Waals surface area contributed by atoms with E-state index in [1.807, 2.05) is 23.6 Å². The number of carbonyl (C=O) groups excluding carboxylic acids is 2. The minimum Gasteiger partial charge on any atom is -0.497 e. The molecule has 1 aromatic heterocycles. The highest BCUT2D eigenvalue weighted by atomic mass is 32.1. The highest BCUT2D eigenvalue weighted by molar-refractivity contribution is 7.10. The Labute approximate surface area is 179 Å². The normalized spacial score (nSPS) is 13.4. The number of benzene rings is 2. The van der Waals surface area contributed by atoms with Crippen molar-refractivity contribution >= 4 is 34.5 Å². The summed E-state index contributed by atoms with van der Waals surface area (Å²) in [5.41, 5.74) is 3.00. The number of thiophene rings is 1. The number of anilines is 2. The number of carbonyl (C=O) groups is 2. The Morgan fingerprint density at radius 3 is 2.77 bits per heavy atom. The van der Waals surface area contributed by atoms with Crippen LogP contribution in [-0.2, 0) is 16.0 Å². The summed E-state index contributed by atoms with van der Waals surface area (Å²) < 4.78 is 5.15. The van der Waals surface area contributed by atoms with Gasteiger partial charge in [-0.1, -0.05) is 30.3 Å². The van der Waals surface area contributed by atoms with Crippen LogP contribution in [0, 0.1) is 0 Å². The molecule has 2 amide bonds. The number of fused-ring (bicyclic) bond motifs is 1. The van der Waals surface area contributed by atoms with Gasteiger partial charge in [-0.3, -0.25) is 9.59 Å². The lowest BCUT2D eigenvalue weighted by Crippen LogP contribution is -2.41. The molecule has 1 atom stereocenters. The van der Waals surface area contributed by atoms with Gasteiger partial charge >= 0.3 is 11.8 Å². The highest BCUT2D eigenvalue weighted by Crippen LogP contribution is 2.36. The van der Waals surface area contributed by atoms with Crippen molar-refractivity contribution in [2.75, 3.05) is 30.4 Å². The summed E-state index contributed by atoms with van der Waals surface area (Å²) >= 11 is 1.65. The third-order valence-electron chi connectivity index (χ3n) is 5.16. The summed E-state index contributed by atoms with van der Waals surface area (Å²) in [6, 6.07) is 19.3. The molecule has 6 nitrogen and oxygen atoms in total. The van der Waals surface area contributed by atoms with Gasteiger partial charge in [-0.15, -0.1) is 11.3 Å². The van der Waals surface area contributed by atoms with Gasteiger partial charge in [0, 0.05) is 35.4 Å². The molecule has 0 saturated carbocycles. The van der Waals surface area contributed by atoms with Crippen LogP contribution in [0.15, 0.2) is 66.0 Å². The van der Waals surface area contributed by atoms with Gasteiger partial charge < -0.3 is 20.3 Å². The van der Waals surface area contributed by atoms with Crippen LogP contribution >= 0.6 is 11.3 Å². The van der Waals surface area contributed by atoms with Crippen molar-refractivity contribution in [3.63, 3.8) is 0 Å². The van der Waals surface area contributed by atoms with E-state index < -0.39 is 11.8 Å². The number of para-hydroxylation sites is 1. The van der Waals surface area contributed by atoms with Gasteiger partial charge in [-0.2, -0.15) is 0 Å². The predicted octanol–water partition coefficient (Wildman–Crippen LogP) is 3.62. The second-order valence-electron chi connectivity index (χ2n) is 7.00. The largest absolute Gasteiger partial charge is 0.497 e. The number of hydrogen-bond acceptors (Lipinski definition) is 5. The quantitative estimate of drug-likeness (QED) is 0.597. The average molecular weight is 422 g/mol. The molecule has 154 valence electrons. The molecule has 2 aromatic carbocycles. The number of amides is 2. The number of nitrogens with zero attached hydrogens (tertiary/aromatic N) is 1. The number of nitrogens with one attached hydrogen (secondary N) is 2. The Morgan fingerprint density at radius 2 is 1.97 bits per heavy atom. The van der Waals surface area contributed by atoms with Crippen molar-refractivity contribution < 1.29 is 14.3 Å². The van der Waals surface area contributed by atoms with Crippen molar-refractivity contribution in [1.29, 1.82) is 0 Å². The molecule has 3 aromatic rings. The average Bonchev–Trinajstić information content (AvgIpc) is 3.45. The number of ether oxygens (including phenoxy) is 1. The number of hydrogen-bond donors (Lipinski definition) is 2. The summed E-state index contributed by atoms with van der Waals surface area (Å²) in [5, 5.41) is 7.46. The zero-order valence-corrected chi connectivity index (χ0v) is 17.4. The molecule has 0 spiro atoms. The van der Waals surface area contributed by atoms with E-state index in [0.717, 1.165) is 17.8 Å². The topological polar surface area (TPSA) is 70.7 Å². The maximum Gasteiger partial charge on any atom is 0.313 e. The maximum absolute atomic E-state index is 12.5. The maximum atomic E-state index is 12.5. The van der Waals surface area contributed by atoms with E-state index in [-0.39, 0.29) is 6.04 Å². The zero-order valence-electron chi connectivity index (χ0n) is 16.6. The molecule has 1 aliphatic rings. The van der Waals surface area contributed by atoms with E-state index in [9.17, 15) is 9.59 Å². The van der Waals surface area contributed by atoms with Gasteiger partial charge in [-0.05, 0) is 41.6 Å². The summed E-state index contributed by atoms with van der Waals surface area (Å²) in [5.74, 6) is -0.750. The number of methoxy groups -OCH3 is 1. The van der Waals surface area contributed by atoms with Crippen molar-refractivity contribution in [2.24, 2.45) is 0 Å². The van der Waals surface area contributed by atoms with Crippen LogP contribution < -0.4 is 20.3 Å². The van der Waals surface area contributed by atoms with E-state index in [1.54, 1.807) is 42.7 Å². The molecule has 7 heteroatoms. The van der Waals surface area contributed by atoms with Gasteiger partial charge in [0.15, 0.2) is 0 Å². The first kappa shape index (κ1) is 20.0. The summed E-state index contributed by atoms with van der Waals surface area (Å²) in [6.45, 7) is 1.23. The Balaban J connectivity index is 1.44. The minimum atomic E-state index is -0.699. The molecular weight excluding hydrogens is 398 g/mol. The van der Waals surface area contributed by atoms with E-state index >= 15 is 0 Å². The highest BCUT2D eigenvalue weighted by Gasteiger charge is 2.28. The van der Waals surface area contributed by atoms with E-state index in [0.29, 0.717) is 18.0 Å². The van der Waals surface area contributed by atoms with Gasteiger partial charge in [0.2, 0.25) is 0 Å². The second kappa shape index (κ2) is 9.00. The molecule has 0 saturated heterocycles. The smallest absolute Gasteiger partial charge is 0.313 e. The van der Waals surface area contributed by atoms with Gasteiger partial charge in [0.1, 0.15) is 5.75 Å². The fraction of sp³-hybridized carbons (Fsp3) is 0.217. The Morgan fingerprint density at radius 1 is 1.10 bits per heavy atom. The standard InChI is InChI=1S/C23H23N3O3S/c1-29-18-8-4-7-17(14-18)25-23(28)22(27)24-15-20(21-10-5-13-30-21)26-12-11-16-6-2-3-9-19(16)26/h2-10,13-14,20H,11-12,15H2,1H3,(H,24,27)(H,25,28). The summed E-state index contributed by atoms with van der Waals surface area (Å²) in [7, 11) is 1.55. The van der Waals surface area contributed by atoms with Crippen LogP contribution in [0.5, 0.6) is 5.75 Å². The fourth-order valence-electron chi connectivity index (χ4n) is 3.69. The van der Waals surface area contributed by atoms with Crippen molar-refractivity contribution in [3.05, 3.63) is 76.5 Å². The Bertz CT molecular complexity index is 1040. The monoisotopic (exact) mass is 421 g/mol. The second-order valence-corrected chi connectivity index (χ2v) is 7.98. The van der Waals surface area contributed by atoms with Crippen molar-refractivity contribution in [3.8, 4) is 5.75 Å². The first-order chi connectivity index (χ1) is 14.7. The molecule has 0 aliphatic carbocycles. The first-order valence-corrected chi connectivity index (χ1v) is 10.6. The molecular formula is C23H23N3O3S. The summed E-state index contributed by atoms with van der Waals surface area (Å²) in [4.78, 5) is 28.3. The van der Waals surface area contributed by atoms with Crippen LogP contribution in [0.25, 0.3) is 0 Å². The molecule has 4 rings (SSSR count). The first-order valence-electron chi connectivity index (χ1n) is 9.77. The van der Waals surface area contributed by atoms with E-state index in [4.69, 9.17) is 4.74 Å². The Kier molecular flexibility index (Phi) is 5.99. The van der Waals surface area contributed by atoms with Crippen molar-refractivity contribution in [2.45, 2.75) is 12.5 Å². The molecule has 1 aliphatic heterocycles. The lowest BCUT2D eigenvalue weighted by Gasteiger charge is -2.30. The molecule has 2 N–H and O–H groups in total. The van der Waals surface area contributed by atoms with E-state index in [2.05, 4.69) is 33.7 Å². The van der Waals surface area contributed by atoms with Gasteiger partial charge in [0.25, 0.3) is 0 Å². The SMILES string of the molecule is COc1cccc(NC(=O)C(=O)NCC(c2cccs2)N2CCc3ccccc32)c1. The van der Waals surface area contributed by atoms with E-state index in [1.165, 1.54) is 11.3 Å². The molecule has 1 unspecified atom stereocenters. The minimum absolute atomic E-state index is 0.0257. The summed E-state index contributed by atoms with van der Waals surface area (Å²) in [6.07, 6.45) is 0.975. The lowest BCUT2D eigenvalue weighted by atomic mass is 10.1. The molecule has 0 radical (unpaired) electrons. The zero-order chi connectivity index (χ0) is 20.9. The lowest BCUT2D eigenvalue weighted by molar-refractivity contribution is -0.136. The van der Waals surface area contributed by atoms with Crippen LogP contribution in [0.3, 0.4) is 0 Å². The van der Waals surface area contributed by atoms with Crippen LogP contribution in [0.2, 0.25) is 0 Å². The van der Waals surface area contributed by atoms with Crippen LogP contribution in [0.1, 0.15) is 16.5 Å². The van der Waals surface area contributed by atoms with Crippen LogP contribution in [0.4, 0.5) is 11.4 Å². The van der Waals surface area contributed by atoms with Gasteiger partial charge in [0.05, 0.1) is 13.2 Å². The van der Waals surface area contributed by atoms with Gasteiger partial charge in [-0.25, -0.2) is 0 Å². The Hall–Kier alpha value is -3.32. The molecule has 30 heavy (non-hydrogen) atoms. The fourth-order valence-corrected chi connectivity index (χ4v) is 4.53. The third-order valence-corrected chi connectivity index (χ3v) is 6.13. The predicted molar refractivity (Wildman–Crippen MR) is 119 cm³/mol. The molecule has 0 bridgehead atoms. The molecule has 2 heterocycles. The third kappa shape index (κ3) is 4.31. The molecule has 0 fully saturated rings. The van der Waals surface area contributed by atoms with Crippen molar-refractivity contribution in [1.82, 2.24) is 5.32 Å².